The highest BCUT2D eigenvalue weighted by Crippen LogP contribution is 2.25. The third kappa shape index (κ3) is 1.76. The SMILES string of the molecule is Brc1cncc(Br)c1C1=NCCO1. The van der Waals surface area contributed by atoms with Gasteiger partial charge in [0.15, 0.2) is 0 Å². The largest absolute Gasteiger partial charge is 0.475 e. The molecule has 0 bridgehead atoms. The van der Waals surface area contributed by atoms with Crippen molar-refractivity contribution < 1.29 is 4.74 Å². The van der Waals surface area contributed by atoms with Crippen molar-refractivity contribution in [2.24, 2.45) is 4.99 Å². The van der Waals surface area contributed by atoms with E-state index in [1.165, 1.54) is 0 Å². The summed E-state index contributed by atoms with van der Waals surface area (Å²) in [6.07, 6.45) is 3.45. The Labute approximate surface area is 92.5 Å². The fraction of sp³-hybridized carbons (Fsp3) is 0.250. The average Bonchev–Trinajstić information content (AvgIpc) is 2.57. The molecule has 1 aliphatic rings. The maximum absolute atomic E-state index is 5.36. The maximum atomic E-state index is 5.36. The summed E-state index contributed by atoms with van der Waals surface area (Å²) < 4.78 is 7.15. The van der Waals surface area contributed by atoms with Crippen molar-refractivity contribution in [3.05, 3.63) is 26.9 Å². The van der Waals surface area contributed by atoms with Crippen LogP contribution < -0.4 is 0 Å². The first-order valence-corrected chi connectivity index (χ1v) is 5.34. The van der Waals surface area contributed by atoms with Gasteiger partial charge in [-0.3, -0.25) is 4.98 Å². The first-order chi connectivity index (χ1) is 6.29. The first-order valence-electron chi connectivity index (χ1n) is 3.75. The molecule has 0 aliphatic carbocycles. The molecule has 0 unspecified atom stereocenters. The second-order valence-electron chi connectivity index (χ2n) is 2.51. The number of ether oxygens (including phenoxy) is 1. The molecule has 5 heteroatoms. The molecule has 2 rings (SSSR count). The van der Waals surface area contributed by atoms with Crippen LogP contribution in [0, 0.1) is 0 Å². The lowest BCUT2D eigenvalue weighted by Crippen LogP contribution is -2.03. The third-order valence-electron chi connectivity index (χ3n) is 1.65. The van der Waals surface area contributed by atoms with Crippen LogP contribution in [0.25, 0.3) is 0 Å². The van der Waals surface area contributed by atoms with Crippen LogP contribution in [0.1, 0.15) is 5.56 Å². The Balaban J connectivity index is 2.49. The van der Waals surface area contributed by atoms with Gasteiger partial charge >= 0.3 is 0 Å². The molecule has 0 spiro atoms. The van der Waals surface area contributed by atoms with Crippen LogP contribution in [0.4, 0.5) is 0 Å². The minimum Gasteiger partial charge on any atom is -0.475 e. The van der Waals surface area contributed by atoms with Gasteiger partial charge in [0.05, 0.1) is 12.1 Å². The lowest BCUT2D eigenvalue weighted by molar-refractivity contribution is 0.348. The molecule has 68 valence electrons. The zero-order valence-electron chi connectivity index (χ0n) is 6.63. The van der Waals surface area contributed by atoms with Gasteiger partial charge in [0.25, 0.3) is 0 Å². The lowest BCUT2D eigenvalue weighted by atomic mass is 10.3. The van der Waals surface area contributed by atoms with Gasteiger partial charge in [-0.1, -0.05) is 0 Å². The Hall–Kier alpha value is -0.420. The van der Waals surface area contributed by atoms with Gasteiger partial charge in [0.1, 0.15) is 6.61 Å². The molecule has 0 amide bonds. The highest BCUT2D eigenvalue weighted by atomic mass is 79.9. The minimum atomic E-state index is 0.663. The number of pyridine rings is 1. The van der Waals surface area contributed by atoms with Gasteiger partial charge in [-0.2, -0.15) is 0 Å². The molecule has 0 saturated carbocycles. The molecular formula is C8H6Br2N2O. The van der Waals surface area contributed by atoms with Gasteiger partial charge in [0.2, 0.25) is 5.90 Å². The van der Waals surface area contributed by atoms with Crippen LogP contribution in [-0.2, 0) is 4.74 Å². The van der Waals surface area contributed by atoms with E-state index in [1.807, 2.05) is 0 Å². The Kier molecular flexibility index (Phi) is 2.64. The highest BCUT2D eigenvalue weighted by molar-refractivity contribution is 9.11. The lowest BCUT2D eigenvalue weighted by Gasteiger charge is -2.05. The zero-order chi connectivity index (χ0) is 9.26. The van der Waals surface area contributed by atoms with Crippen molar-refractivity contribution in [1.29, 1.82) is 0 Å². The molecular weight excluding hydrogens is 300 g/mol. The van der Waals surface area contributed by atoms with Crippen molar-refractivity contribution >= 4 is 37.8 Å². The van der Waals surface area contributed by atoms with Crippen molar-refractivity contribution in [1.82, 2.24) is 4.98 Å². The first kappa shape index (κ1) is 9.15. The number of halogens is 2. The summed E-state index contributed by atoms with van der Waals surface area (Å²) in [7, 11) is 0. The molecule has 0 radical (unpaired) electrons. The molecule has 0 saturated heterocycles. The van der Waals surface area contributed by atoms with Gasteiger partial charge in [-0.25, -0.2) is 4.99 Å². The average molecular weight is 306 g/mol. The predicted octanol–water partition coefficient (Wildman–Crippen LogP) is 2.38. The van der Waals surface area contributed by atoms with Crippen LogP contribution in [0.2, 0.25) is 0 Å². The molecule has 0 atom stereocenters. The third-order valence-corrected chi connectivity index (χ3v) is 2.86. The molecule has 0 N–H and O–H groups in total. The quantitative estimate of drug-likeness (QED) is 0.798. The van der Waals surface area contributed by atoms with E-state index in [0.717, 1.165) is 21.1 Å². The molecule has 1 aliphatic heterocycles. The predicted molar refractivity (Wildman–Crippen MR) is 57.0 cm³/mol. The van der Waals surface area contributed by atoms with E-state index in [-0.39, 0.29) is 0 Å². The van der Waals surface area contributed by atoms with E-state index >= 15 is 0 Å². The summed E-state index contributed by atoms with van der Waals surface area (Å²) in [6.45, 7) is 1.40. The Morgan fingerprint density at radius 3 is 2.46 bits per heavy atom. The van der Waals surface area contributed by atoms with Crippen molar-refractivity contribution in [2.45, 2.75) is 0 Å². The second kappa shape index (κ2) is 3.75. The Bertz CT molecular complexity index is 345. The molecule has 2 heterocycles. The van der Waals surface area contributed by atoms with E-state index < -0.39 is 0 Å². The van der Waals surface area contributed by atoms with Gasteiger partial charge < -0.3 is 4.74 Å². The molecule has 0 aromatic carbocycles. The maximum Gasteiger partial charge on any atom is 0.218 e. The van der Waals surface area contributed by atoms with Gasteiger partial charge in [-0.15, -0.1) is 0 Å². The van der Waals surface area contributed by atoms with Crippen LogP contribution in [0.3, 0.4) is 0 Å². The molecule has 1 aromatic rings. The Morgan fingerprint density at radius 1 is 1.23 bits per heavy atom. The normalized spacial score (nSPS) is 15.4. The van der Waals surface area contributed by atoms with Crippen LogP contribution in [0.5, 0.6) is 0 Å². The number of rotatable bonds is 1. The minimum absolute atomic E-state index is 0.663. The second-order valence-corrected chi connectivity index (χ2v) is 4.22. The van der Waals surface area contributed by atoms with E-state index in [0.29, 0.717) is 12.5 Å². The van der Waals surface area contributed by atoms with E-state index in [9.17, 15) is 0 Å². The van der Waals surface area contributed by atoms with Crippen LogP contribution in [-0.4, -0.2) is 24.0 Å². The fourth-order valence-electron chi connectivity index (χ4n) is 1.10. The monoisotopic (exact) mass is 304 g/mol. The van der Waals surface area contributed by atoms with E-state index in [1.54, 1.807) is 12.4 Å². The van der Waals surface area contributed by atoms with E-state index in [4.69, 9.17) is 4.74 Å². The van der Waals surface area contributed by atoms with Crippen LogP contribution >= 0.6 is 31.9 Å². The highest BCUT2D eigenvalue weighted by Gasteiger charge is 2.16. The van der Waals surface area contributed by atoms with Crippen molar-refractivity contribution in [2.75, 3.05) is 13.2 Å². The number of nitrogens with zero attached hydrogens (tertiary/aromatic N) is 2. The summed E-state index contributed by atoms with van der Waals surface area (Å²) in [6, 6.07) is 0. The summed E-state index contributed by atoms with van der Waals surface area (Å²) in [5.74, 6) is 0.682. The van der Waals surface area contributed by atoms with Crippen molar-refractivity contribution in [3.8, 4) is 0 Å². The fourth-order valence-corrected chi connectivity index (χ4v) is 2.37. The summed E-state index contributed by atoms with van der Waals surface area (Å²) in [5.41, 5.74) is 0.938. The zero-order valence-corrected chi connectivity index (χ0v) is 9.80. The number of aliphatic imine (C=N–C) groups is 1. The number of aromatic nitrogens is 1. The van der Waals surface area contributed by atoms with Gasteiger partial charge in [0, 0.05) is 21.3 Å². The number of hydrogen-bond acceptors (Lipinski definition) is 3. The van der Waals surface area contributed by atoms with Crippen molar-refractivity contribution in [3.63, 3.8) is 0 Å². The topological polar surface area (TPSA) is 34.5 Å². The summed E-state index contributed by atoms with van der Waals surface area (Å²) >= 11 is 6.81. The molecule has 13 heavy (non-hydrogen) atoms. The number of hydrogen-bond donors (Lipinski definition) is 0. The molecule has 0 fully saturated rings. The Morgan fingerprint density at radius 2 is 1.92 bits per heavy atom. The smallest absolute Gasteiger partial charge is 0.218 e. The summed E-state index contributed by atoms with van der Waals surface area (Å²) in [5, 5.41) is 0. The summed E-state index contributed by atoms with van der Waals surface area (Å²) in [4.78, 5) is 8.25. The van der Waals surface area contributed by atoms with Gasteiger partial charge in [-0.05, 0) is 31.9 Å². The standard InChI is InChI=1S/C8H6Br2N2O/c9-5-3-11-4-6(10)7(5)8-12-1-2-13-8/h3-4H,1-2H2. The van der Waals surface area contributed by atoms with E-state index in [2.05, 4.69) is 41.8 Å². The van der Waals surface area contributed by atoms with Crippen LogP contribution in [0.15, 0.2) is 26.3 Å². The molecule has 3 nitrogen and oxygen atoms in total. The molecule has 1 aromatic heterocycles.